The maximum absolute atomic E-state index is 13.2. The number of para-hydroxylation sites is 1. The van der Waals surface area contributed by atoms with Crippen LogP contribution >= 0.6 is 0 Å². The van der Waals surface area contributed by atoms with E-state index in [2.05, 4.69) is 29.4 Å². The lowest BCUT2D eigenvalue weighted by Gasteiger charge is -2.20. The highest BCUT2D eigenvalue weighted by atomic mass is 16.3. The molecule has 4 N–H and O–H groups in total. The maximum Gasteiger partial charge on any atom is 0.221 e. The van der Waals surface area contributed by atoms with E-state index >= 15 is 0 Å². The van der Waals surface area contributed by atoms with Gasteiger partial charge in [-0.1, -0.05) is 26.0 Å². The topological polar surface area (TPSA) is 101 Å². The molecule has 0 bridgehead atoms. The number of benzene rings is 2. The number of amides is 1. The van der Waals surface area contributed by atoms with Crippen LogP contribution in [0.5, 0.6) is 0 Å². The van der Waals surface area contributed by atoms with Gasteiger partial charge in [-0.3, -0.25) is 9.59 Å². The molecule has 0 saturated heterocycles. The van der Waals surface area contributed by atoms with Crippen molar-refractivity contribution >= 4 is 44.9 Å². The summed E-state index contributed by atoms with van der Waals surface area (Å²) in [5.74, 6) is -0.247. The van der Waals surface area contributed by atoms with Gasteiger partial charge in [-0.05, 0) is 31.3 Å². The number of fused-ring (bicyclic) bond motifs is 2. The van der Waals surface area contributed by atoms with Crippen LogP contribution in [-0.2, 0) is 4.79 Å². The van der Waals surface area contributed by atoms with E-state index in [1.54, 1.807) is 30.3 Å². The number of nitrogens with zero attached hydrogens (tertiary/aromatic N) is 1. The van der Waals surface area contributed by atoms with E-state index < -0.39 is 0 Å². The fraction of sp³-hybridized carbons (Fsp3) is 0.333. The average molecular weight is 382 g/mol. The molecule has 7 heteroatoms. The van der Waals surface area contributed by atoms with Crippen molar-refractivity contribution in [3.63, 3.8) is 0 Å². The molecular formula is C21H26N4O3. The maximum atomic E-state index is 13.2. The first kappa shape index (κ1) is 19.7. The Labute approximate surface area is 163 Å². The number of likely N-dealkylation sites (N-methyl/N-ethyl adjacent to an activating group) is 1. The molecule has 148 valence electrons. The summed E-state index contributed by atoms with van der Waals surface area (Å²) in [5, 5.41) is 6.93. The Balaban J connectivity index is 2.16. The van der Waals surface area contributed by atoms with E-state index in [4.69, 9.17) is 10.2 Å². The molecule has 0 aliphatic rings. The van der Waals surface area contributed by atoms with E-state index in [0.717, 1.165) is 19.6 Å². The van der Waals surface area contributed by atoms with Crippen molar-refractivity contribution < 1.29 is 9.21 Å². The standard InChI is InChI=1S/C21H26N4O3/c1-4-25(5-2)11-10-23-15-12-16(24-13(3)26)19(22)21-18(15)20(27)14-8-6-7-9-17(14)28-21/h6-9,12,23H,4-5,10-11,22H2,1-3H3,(H,24,26). The molecule has 0 spiro atoms. The second-order valence-electron chi connectivity index (χ2n) is 6.65. The third-order valence-corrected chi connectivity index (χ3v) is 4.84. The molecule has 0 aliphatic carbocycles. The van der Waals surface area contributed by atoms with Crippen molar-refractivity contribution in [1.29, 1.82) is 0 Å². The summed E-state index contributed by atoms with van der Waals surface area (Å²) in [6.07, 6.45) is 0. The first-order chi connectivity index (χ1) is 13.5. The molecular weight excluding hydrogens is 356 g/mol. The normalized spacial score (nSPS) is 11.3. The summed E-state index contributed by atoms with van der Waals surface area (Å²) in [4.78, 5) is 27.0. The van der Waals surface area contributed by atoms with Crippen molar-refractivity contribution in [1.82, 2.24) is 4.90 Å². The van der Waals surface area contributed by atoms with E-state index in [0.29, 0.717) is 34.3 Å². The predicted molar refractivity (Wildman–Crippen MR) is 115 cm³/mol. The summed E-state index contributed by atoms with van der Waals surface area (Å²) in [6.45, 7) is 9.00. The molecule has 0 aliphatic heterocycles. The minimum absolute atomic E-state index is 0.150. The van der Waals surface area contributed by atoms with E-state index in [9.17, 15) is 9.59 Å². The third-order valence-electron chi connectivity index (χ3n) is 4.84. The lowest BCUT2D eigenvalue weighted by atomic mass is 10.1. The van der Waals surface area contributed by atoms with Crippen molar-refractivity contribution in [2.45, 2.75) is 20.8 Å². The Bertz CT molecular complexity index is 1070. The smallest absolute Gasteiger partial charge is 0.221 e. The molecule has 28 heavy (non-hydrogen) atoms. The number of nitrogens with one attached hydrogen (secondary N) is 2. The highest BCUT2D eigenvalue weighted by Crippen LogP contribution is 2.35. The molecule has 3 rings (SSSR count). The Hall–Kier alpha value is -3.06. The van der Waals surface area contributed by atoms with Gasteiger partial charge in [-0.15, -0.1) is 0 Å². The Morgan fingerprint density at radius 2 is 1.89 bits per heavy atom. The van der Waals surface area contributed by atoms with Gasteiger partial charge >= 0.3 is 0 Å². The van der Waals surface area contributed by atoms with Crippen LogP contribution in [0, 0.1) is 0 Å². The van der Waals surface area contributed by atoms with Gasteiger partial charge in [0.15, 0.2) is 5.58 Å². The van der Waals surface area contributed by atoms with Crippen molar-refractivity contribution in [3.8, 4) is 0 Å². The number of anilines is 3. The first-order valence-corrected chi connectivity index (χ1v) is 9.48. The number of carbonyl (C=O) groups excluding carboxylic acids is 1. The number of hydrogen-bond donors (Lipinski definition) is 3. The Kier molecular flexibility index (Phi) is 5.84. The molecule has 0 saturated carbocycles. The number of hydrogen-bond acceptors (Lipinski definition) is 6. The average Bonchev–Trinajstić information content (AvgIpc) is 2.68. The second-order valence-corrected chi connectivity index (χ2v) is 6.65. The number of rotatable bonds is 7. The third kappa shape index (κ3) is 3.80. The molecule has 1 heterocycles. The summed E-state index contributed by atoms with van der Waals surface area (Å²) in [5.41, 5.74) is 8.08. The lowest BCUT2D eigenvalue weighted by molar-refractivity contribution is -0.114. The van der Waals surface area contributed by atoms with Crippen LogP contribution in [0.25, 0.3) is 21.9 Å². The SMILES string of the molecule is CCN(CC)CCNc1cc(NC(C)=O)c(N)c2oc3ccccc3c(=O)c12. The summed E-state index contributed by atoms with van der Waals surface area (Å²) in [6, 6.07) is 8.77. The van der Waals surface area contributed by atoms with E-state index in [-0.39, 0.29) is 22.6 Å². The monoisotopic (exact) mass is 382 g/mol. The van der Waals surface area contributed by atoms with Crippen molar-refractivity contribution in [2.75, 3.05) is 42.5 Å². The van der Waals surface area contributed by atoms with Crippen LogP contribution in [0.2, 0.25) is 0 Å². The van der Waals surface area contributed by atoms with Gasteiger partial charge in [0.05, 0.1) is 27.8 Å². The highest BCUT2D eigenvalue weighted by molar-refractivity contribution is 6.08. The van der Waals surface area contributed by atoms with Gasteiger partial charge in [0, 0.05) is 20.0 Å². The first-order valence-electron chi connectivity index (χ1n) is 9.48. The molecule has 0 atom stereocenters. The minimum atomic E-state index is -0.247. The molecule has 0 fully saturated rings. The van der Waals surface area contributed by atoms with Crippen LogP contribution in [0.1, 0.15) is 20.8 Å². The minimum Gasteiger partial charge on any atom is -0.453 e. The van der Waals surface area contributed by atoms with Crippen LogP contribution in [0.15, 0.2) is 39.5 Å². The van der Waals surface area contributed by atoms with Gasteiger partial charge in [-0.25, -0.2) is 0 Å². The van der Waals surface area contributed by atoms with Crippen LogP contribution in [0.3, 0.4) is 0 Å². The molecule has 2 aromatic carbocycles. The predicted octanol–water partition coefficient (Wildman–Crippen LogP) is 3.24. The fourth-order valence-electron chi connectivity index (χ4n) is 3.31. The van der Waals surface area contributed by atoms with Crippen LogP contribution < -0.4 is 21.8 Å². The number of nitrogen functional groups attached to an aromatic ring is 1. The molecule has 3 aromatic rings. The lowest BCUT2D eigenvalue weighted by Crippen LogP contribution is -2.28. The van der Waals surface area contributed by atoms with Gasteiger partial charge in [0.25, 0.3) is 0 Å². The second kappa shape index (κ2) is 8.31. The van der Waals surface area contributed by atoms with Crippen molar-refractivity contribution in [2.24, 2.45) is 0 Å². The van der Waals surface area contributed by atoms with Crippen LogP contribution in [0.4, 0.5) is 17.1 Å². The molecule has 0 radical (unpaired) electrons. The zero-order valence-electron chi connectivity index (χ0n) is 16.5. The summed E-state index contributed by atoms with van der Waals surface area (Å²) in [7, 11) is 0. The molecule has 1 aromatic heterocycles. The largest absolute Gasteiger partial charge is 0.453 e. The molecule has 7 nitrogen and oxygen atoms in total. The Morgan fingerprint density at radius 3 is 2.57 bits per heavy atom. The van der Waals surface area contributed by atoms with Gasteiger partial charge in [0.2, 0.25) is 11.3 Å². The number of nitrogens with two attached hydrogens (primary N) is 1. The van der Waals surface area contributed by atoms with Gasteiger partial charge in [0.1, 0.15) is 5.58 Å². The number of carbonyl (C=O) groups is 1. The van der Waals surface area contributed by atoms with Crippen LogP contribution in [-0.4, -0.2) is 37.0 Å². The van der Waals surface area contributed by atoms with Gasteiger partial charge < -0.3 is 25.7 Å². The van der Waals surface area contributed by atoms with Gasteiger partial charge in [-0.2, -0.15) is 0 Å². The Morgan fingerprint density at radius 1 is 1.18 bits per heavy atom. The van der Waals surface area contributed by atoms with Crippen molar-refractivity contribution in [3.05, 3.63) is 40.6 Å². The molecule has 1 amide bonds. The zero-order chi connectivity index (χ0) is 20.3. The zero-order valence-corrected chi connectivity index (χ0v) is 16.5. The fourth-order valence-corrected chi connectivity index (χ4v) is 3.31. The molecule has 0 unspecified atom stereocenters. The summed E-state index contributed by atoms with van der Waals surface area (Å²) < 4.78 is 5.96. The summed E-state index contributed by atoms with van der Waals surface area (Å²) >= 11 is 0. The highest BCUT2D eigenvalue weighted by Gasteiger charge is 2.18. The van der Waals surface area contributed by atoms with E-state index in [1.807, 2.05) is 0 Å². The quantitative estimate of drug-likeness (QED) is 0.428. The van der Waals surface area contributed by atoms with E-state index in [1.165, 1.54) is 6.92 Å².